The minimum absolute atomic E-state index is 0.322. The lowest BCUT2D eigenvalue weighted by atomic mass is 9.97. The summed E-state index contributed by atoms with van der Waals surface area (Å²) in [6, 6.07) is 24.9. The van der Waals surface area contributed by atoms with E-state index in [0.717, 1.165) is 27.9 Å². The number of pyridine rings is 1. The normalized spacial score (nSPS) is 11.5. The molecule has 162 valence electrons. The van der Waals surface area contributed by atoms with Crippen LogP contribution in [0.5, 0.6) is 0 Å². The summed E-state index contributed by atoms with van der Waals surface area (Å²) in [6.07, 6.45) is 1.71. The highest BCUT2D eigenvalue weighted by Crippen LogP contribution is 2.37. The van der Waals surface area contributed by atoms with E-state index < -0.39 is 0 Å². The number of nitrogens with zero attached hydrogens (tertiary/aromatic N) is 4. The summed E-state index contributed by atoms with van der Waals surface area (Å²) in [5.74, 6) is 0. The molecule has 0 atom stereocenters. The first kappa shape index (κ1) is 21.2. The Morgan fingerprint density at radius 3 is 2.33 bits per heavy atom. The molecule has 2 N–H and O–H groups in total. The Balaban J connectivity index is 1.81. The van der Waals surface area contributed by atoms with Crippen molar-refractivity contribution in [3.63, 3.8) is 0 Å². The molecule has 0 saturated carbocycles. The number of hydrogen-bond donors (Lipinski definition) is 1. The third-order valence-electron chi connectivity index (χ3n) is 5.38. The van der Waals surface area contributed by atoms with Gasteiger partial charge in [0.1, 0.15) is 5.15 Å². The Labute approximate surface area is 201 Å². The molecule has 0 amide bonds. The molecule has 2 aromatic heterocycles. The number of nitrogens with two attached hydrogens (primary N) is 1. The molecule has 5 aromatic rings. The molecule has 3 aromatic carbocycles. The number of anilines is 1. The van der Waals surface area contributed by atoms with Crippen molar-refractivity contribution in [1.29, 1.82) is 0 Å². The highest BCUT2D eigenvalue weighted by molar-refractivity contribution is 6.34. The van der Waals surface area contributed by atoms with Gasteiger partial charge in [-0.2, -0.15) is 5.10 Å². The lowest BCUT2D eigenvalue weighted by Crippen LogP contribution is -2.00. The largest absolute Gasteiger partial charge is 0.397 e. The van der Waals surface area contributed by atoms with Gasteiger partial charge in [0.2, 0.25) is 0 Å². The lowest BCUT2D eigenvalue weighted by molar-refractivity contribution is 0.878. The Morgan fingerprint density at radius 1 is 0.909 bits per heavy atom. The van der Waals surface area contributed by atoms with Gasteiger partial charge in [-0.3, -0.25) is 4.99 Å². The number of benzene rings is 3. The van der Waals surface area contributed by atoms with Crippen LogP contribution in [0.15, 0.2) is 83.9 Å². The topological polar surface area (TPSA) is 69.1 Å². The van der Waals surface area contributed by atoms with Crippen molar-refractivity contribution in [3.05, 3.63) is 100 Å². The first-order chi connectivity index (χ1) is 16.0. The monoisotopic (exact) mass is 471 g/mol. The van der Waals surface area contributed by atoms with Gasteiger partial charge in [-0.05, 0) is 48.9 Å². The maximum Gasteiger partial charge on any atom is 0.165 e. The van der Waals surface area contributed by atoms with Crippen LogP contribution in [0.3, 0.4) is 0 Å². The minimum Gasteiger partial charge on any atom is -0.397 e. The number of nitrogen functional groups attached to an aromatic ring is 1. The van der Waals surface area contributed by atoms with Gasteiger partial charge in [0.25, 0.3) is 0 Å². The van der Waals surface area contributed by atoms with E-state index in [1.54, 1.807) is 6.21 Å². The number of fused-ring (bicyclic) bond motifs is 1. The number of aromatic nitrogens is 3. The fourth-order valence-corrected chi connectivity index (χ4v) is 4.17. The second-order valence-electron chi connectivity index (χ2n) is 7.55. The van der Waals surface area contributed by atoms with E-state index in [1.165, 1.54) is 0 Å². The number of halogens is 2. The van der Waals surface area contributed by atoms with Crippen LogP contribution in [0.25, 0.3) is 27.8 Å². The molecule has 33 heavy (non-hydrogen) atoms. The highest BCUT2D eigenvalue weighted by Gasteiger charge is 2.21. The molecule has 2 heterocycles. The third kappa shape index (κ3) is 3.97. The van der Waals surface area contributed by atoms with E-state index in [1.807, 2.05) is 90.5 Å². The summed E-state index contributed by atoms with van der Waals surface area (Å²) < 4.78 is 1.81. The summed E-state index contributed by atoms with van der Waals surface area (Å²) in [4.78, 5) is 9.34. The standard InChI is InChI=1S/C26H19Cl2N5/c1-16-23-24(17-11-13-18(27)14-12-17)20(15-30-22-10-6-5-9-21(22)29)25(28)31-26(23)33(32-16)19-7-3-2-4-8-19/h2-15H,29H2,1H3. The molecule has 0 aliphatic heterocycles. The second kappa shape index (κ2) is 8.70. The molecule has 0 radical (unpaired) electrons. The minimum atomic E-state index is 0.322. The second-order valence-corrected chi connectivity index (χ2v) is 8.34. The molecule has 7 heteroatoms. The van der Waals surface area contributed by atoms with Crippen LogP contribution in [0.4, 0.5) is 11.4 Å². The number of rotatable bonds is 4. The zero-order valence-electron chi connectivity index (χ0n) is 17.7. The lowest BCUT2D eigenvalue weighted by Gasteiger charge is -2.12. The summed E-state index contributed by atoms with van der Waals surface area (Å²) in [5, 5.41) is 6.65. The van der Waals surface area contributed by atoms with E-state index >= 15 is 0 Å². The van der Waals surface area contributed by atoms with E-state index in [-0.39, 0.29) is 0 Å². The van der Waals surface area contributed by atoms with Crippen molar-refractivity contribution in [2.75, 3.05) is 5.73 Å². The smallest absolute Gasteiger partial charge is 0.165 e. The highest BCUT2D eigenvalue weighted by atomic mass is 35.5. The molecule has 0 saturated heterocycles. The van der Waals surface area contributed by atoms with Crippen molar-refractivity contribution >= 4 is 51.8 Å². The van der Waals surface area contributed by atoms with Crippen molar-refractivity contribution in [3.8, 4) is 16.8 Å². The van der Waals surface area contributed by atoms with Crippen LogP contribution in [0.2, 0.25) is 10.2 Å². The van der Waals surface area contributed by atoms with Gasteiger partial charge in [0.15, 0.2) is 5.65 Å². The molecular formula is C26H19Cl2N5. The van der Waals surface area contributed by atoms with E-state index in [4.69, 9.17) is 39.0 Å². The van der Waals surface area contributed by atoms with E-state index in [9.17, 15) is 0 Å². The average molecular weight is 472 g/mol. The summed E-state index contributed by atoms with van der Waals surface area (Å²) in [5.41, 5.74) is 12.2. The van der Waals surface area contributed by atoms with E-state index in [0.29, 0.717) is 32.8 Å². The third-order valence-corrected chi connectivity index (χ3v) is 5.92. The zero-order valence-corrected chi connectivity index (χ0v) is 19.2. The van der Waals surface area contributed by atoms with Crippen LogP contribution in [0.1, 0.15) is 11.3 Å². The van der Waals surface area contributed by atoms with Crippen LogP contribution < -0.4 is 5.73 Å². The summed E-state index contributed by atoms with van der Waals surface area (Å²) in [6.45, 7) is 1.97. The number of aryl methyl sites for hydroxylation is 1. The number of hydrogen-bond acceptors (Lipinski definition) is 4. The number of para-hydroxylation sites is 3. The molecule has 5 rings (SSSR count). The molecule has 0 bridgehead atoms. The van der Waals surface area contributed by atoms with Gasteiger partial charge >= 0.3 is 0 Å². The Kier molecular flexibility index (Phi) is 5.58. The van der Waals surface area contributed by atoms with Gasteiger partial charge in [0.05, 0.1) is 28.1 Å². The predicted molar refractivity (Wildman–Crippen MR) is 137 cm³/mol. The first-order valence-electron chi connectivity index (χ1n) is 10.3. The Hall–Kier alpha value is -3.67. The van der Waals surface area contributed by atoms with Crippen LogP contribution >= 0.6 is 23.2 Å². The number of aliphatic imine (C=N–C) groups is 1. The van der Waals surface area contributed by atoms with Gasteiger partial charge in [0, 0.05) is 22.4 Å². The van der Waals surface area contributed by atoms with Crippen molar-refractivity contribution in [2.24, 2.45) is 4.99 Å². The van der Waals surface area contributed by atoms with Crippen molar-refractivity contribution in [1.82, 2.24) is 14.8 Å². The van der Waals surface area contributed by atoms with Gasteiger partial charge < -0.3 is 5.73 Å². The predicted octanol–water partition coefficient (Wildman–Crippen LogP) is 7.04. The Morgan fingerprint density at radius 2 is 1.61 bits per heavy atom. The summed E-state index contributed by atoms with van der Waals surface area (Å²) in [7, 11) is 0. The molecule has 0 fully saturated rings. The van der Waals surface area contributed by atoms with Crippen LogP contribution in [0, 0.1) is 6.92 Å². The van der Waals surface area contributed by atoms with Crippen LogP contribution in [-0.4, -0.2) is 21.0 Å². The molecule has 0 aliphatic carbocycles. The molecule has 0 aliphatic rings. The maximum absolute atomic E-state index is 6.76. The van der Waals surface area contributed by atoms with Gasteiger partial charge in [-0.1, -0.05) is 65.7 Å². The fraction of sp³-hybridized carbons (Fsp3) is 0.0385. The molecular weight excluding hydrogens is 453 g/mol. The molecule has 0 spiro atoms. The fourth-order valence-electron chi connectivity index (χ4n) is 3.82. The van der Waals surface area contributed by atoms with Crippen LogP contribution in [-0.2, 0) is 0 Å². The average Bonchev–Trinajstić information content (AvgIpc) is 3.15. The quantitative estimate of drug-likeness (QED) is 0.173. The Bertz CT molecular complexity index is 1490. The summed E-state index contributed by atoms with van der Waals surface area (Å²) >= 11 is 12.9. The SMILES string of the molecule is Cc1nn(-c2ccccc2)c2nc(Cl)c(C=Nc3ccccc3N)c(-c3ccc(Cl)cc3)c12. The maximum atomic E-state index is 6.76. The van der Waals surface area contributed by atoms with Crippen molar-refractivity contribution in [2.45, 2.75) is 6.92 Å². The zero-order chi connectivity index (χ0) is 22.9. The van der Waals surface area contributed by atoms with Crippen molar-refractivity contribution < 1.29 is 0 Å². The van der Waals surface area contributed by atoms with Gasteiger partial charge in [-0.15, -0.1) is 0 Å². The molecule has 0 unspecified atom stereocenters. The molecule has 5 nitrogen and oxygen atoms in total. The van der Waals surface area contributed by atoms with E-state index in [2.05, 4.69) is 4.99 Å². The first-order valence-corrected chi connectivity index (χ1v) is 11.1. The van der Waals surface area contributed by atoms with Gasteiger partial charge in [-0.25, -0.2) is 9.67 Å².